The maximum atomic E-state index is 13.8. The number of hydrogen-bond donors (Lipinski definition) is 1. The number of carbonyl (C=O) groups is 1. The van der Waals surface area contributed by atoms with E-state index in [1.54, 1.807) is 41.1 Å². The number of hydrogen-bond acceptors (Lipinski definition) is 6. The summed E-state index contributed by atoms with van der Waals surface area (Å²) in [6.45, 7) is 1.91. The summed E-state index contributed by atoms with van der Waals surface area (Å²) in [5.41, 5.74) is 5.85. The molecule has 43 heavy (non-hydrogen) atoms. The van der Waals surface area contributed by atoms with E-state index in [4.69, 9.17) is 21.3 Å². The van der Waals surface area contributed by atoms with E-state index in [9.17, 15) is 9.59 Å². The first kappa shape index (κ1) is 28.4. The first-order valence-electron chi connectivity index (χ1n) is 14.1. The van der Waals surface area contributed by atoms with Crippen molar-refractivity contribution in [1.82, 2.24) is 24.3 Å². The van der Waals surface area contributed by atoms with Crippen molar-refractivity contribution in [2.45, 2.75) is 32.2 Å². The number of benzene rings is 2. The fourth-order valence-corrected chi connectivity index (χ4v) is 5.82. The summed E-state index contributed by atoms with van der Waals surface area (Å²) in [6, 6.07) is 18.3. The van der Waals surface area contributed by atoms with Gasteiger partial charge in [-0.15, -0.1) is 0 Å². The Morgan fingerprint density at radius 2 is 1.84 bits per heavy atom. The van der Waals surface area contributed by atoms with Crippen LogP contribution >= 0.6 is 11.6 Å². The molecule has 218 valence electrons. The lowest BCUT2D eigenvalue weighted by atomic mass is 9.96. The van der Waals surface area contributed by atoms with Crippen LogP contribution in [-0.4, -0.2) is 37.3 Å². The van der Waals surface area contributed by atoms with E-state index in [-0.39, 0.29) is 23.4 Å². The van der Waals surface area contributed by atoms with Crippen LogP contribution in [0.25, 0.3) is 33.6 Å². The van der Waals surface area contributed by atoms with E-state index in [0.717, 1.165) is 39.4 Å². The van der Waals surface area contributed by atoms with Crippen LogP contribution in [0.4, 0.5) is 5.69 Å². The first-order chi connectivity index (χ1) is 20.8. The number of ether oxygens (including phenoxy) is 1. The molecule has 0 spiro atoms. The second kappa shape index (κ2) is 11.9. The second-order valence-corrected chi connectivity index (χ2v) is 11.2. The summed E-state index contributed by atoms with van der Waals surface area (Å²) >= 11 is 6.41. The topological polar surface area (TPSA) is 104 Å². The standard InChI is InChI=1S/C33H31ClN6O3/c1-20-6-4-9-30(28-15-22(12-13-35-28)32-29(38-33(20)42)18-37-39(32)2)40-19-36-27(17-31(40)41)26-16-23(34)10-11-25(26)21-7-5-8-24(14-21)43-3/h5,7-8,10-20,30H,4,6,9H2,1-3H3,(H,38,42)/t20-,30+/m1/s1. The van der Waals surface area contributed by atoms with Crippen LogP contribution in [0.5, 0.6) is 5.75 Å². The van der Waals surface area contributed by atoms with Gasteiger partial charge in [0.05, 0.1) is 48.4 Å². The van der Waals surface area contributed by atoms with Gasteiger partial charge in [-0.25, -0.2) is 4.98 Å². The van der Waals surface area contributed by atoms with Gasteiger partial charge in [0.2, 0.25) is 5.91 Å². The highest BCUT2D eigenvalue weighted by molar-refractivity contribution is 6.31. The number of amides is 1. The minimum atomic E-state index is -0.377. The van der Waals surface area contributed by atoms with Crippen molar-refractivity contribution >= 4 is 23.2 Å². The first-order valence-corrected chi connectivity index (χ1v) is 14.5. The molecule has 6 rings (SSSR count). The Kier molecular flexibility index (Phi) is 7.82. The molecule has 10 heteroatoms. The molecule has 5 aromatic rings. The quantitative estimate of drug-likeness (QED) is 0.259. The maximum Gasteiger partial charge on any atom is 0.254 e. The molecule has 3 aromatic heterocycles. The van der Waals surface area contributed by atoms with E-state index in [2.05, 4.69) is 15.4 Å². The van der Waals surface area contributed by atoms with E-state index in [1.807, 2.05) is 68.6 Å². The van der Waals surface area contributed by atoms with Crippen LogP contribution in [0.2, 0.25) is 5.02 Å². The highest BCUT2D eigenvalue weighted by Crippen LogP contribution is 2.35. The number of aromatic nitrogens is 5. The van der Waals surface area contributed by atoms with Gasteiger partial charge in [0.25, 0.3) is 5.56 Å². The summed E-state index contributed by atoms with van der Waals surface area (Å²) in [4.78, 5) is 36.2. The van der Waals surface area contributed by atoms with Crippen LogP contribution in [-0.2, 0) is 11.8 Å². The third-order valence-corrected chi connectivity index (χ3v) is 8.20. The summed E-state index contributed by atoms with van der Waals surface area (Å²) in [5, 5.41) is 7.95. The lowest BCUT2D eigenvalue weighted by Gasteiger charge is -2.22. The molecule has 1 aliphatic heterocycles. The zero-order valence-corrected chi connectivity index (χ0v) is 24.9. The van der Waals surface area contributed by atoms with Gasteiger partial charge in [-0.3, -0.25) is 23.8 Å². The molecule has 4 heterocycles. The van der Waals surface area contributed by atoms with Gasteiger partial charge < -0.3 is 10.1 Å². The average Bonchev–Trinajstić information content (AvgIpc) is 3.38. The number of pyridine rings is 1. The molecule has 1 aliphatic rings. The van der Waals surface area contributed by atoms with Gasteiger partial charge in [0.1, 0.15) is 5.75 Å². The number of nitrogens with zero attached hydrogens (tertiary/aromatic N) is 5. The van der Waals surface area contributed by atoms with Crippen molar-refractivity contribution in [2.75, 3.05) is 12.4 Å². The molecular weight excluding hydrogens is 564 g/mol. The van der Waals surface area contributed by atoms with E-state index < -0.39 is 0 Å². The lowest BCUT2D eigenvalue weighted by molar-refractivity contribution is -0.119. The third-order valence-electron chi connectivity index (χ3n) is 7.96. The zero-order chi connectivity index (χ0) is 30.1. The van der Waals surface area contributed by atoms with Crippen molar-refractivity contribution < 1.29 is 9.53 Å². The van der Waals surface area contributed by atoms with Crippen LogP contribution in [0, 0.1) is 5.92 Å². The highest BCUT2D eigenvalue weighted by atomic mass is 35.5. The molecule has 0 unspecified atom stereocenters. The Hall–Kier alpha value is -4.76. The number of halogens is 1. The average molecular weight is 595 g/mol. The smallest absolute Gasteiger partial charge is 0.254 e. The molecule has 1 amide bonds. The summed E-state index contributed by atoms with van der Waals surface area (Å²) in [7, 11) is 3.46. The molecule has 2 aromatic carbocycles. The maximum absolute atomic E-state index is 13.8. The number of aryl methyl sites for hydroxylation is 1. The Bertz CT molecular complexity index is 1880. The van der Waals surface area contributed by atoms with Crippen molar-refractivity contribution in [2.24, 2.45) is 13.0 Å². The minimum Gasteiger partial charge on any atom is -0.497 e. The van der Waals surface area contributed by atoms with E-state index >= 15 is 0 Å². The zero-order valence-electron chi connectivity index (χ0n) is 24.1. The summed E-state index contributed by atoms with van der Waals surface area (Å²) in [6.07, 6.45) is 6.96. The SMILES string of the molecule is COc1cccc(-c2ccc(Cl)cc2-c2cc(=O)n([C@H]3CCC[C@@H](C)C(=O)Nc4cnn(C)c4-c4ccnc3c4)cn2)c1. The molecule has 2 bridgehead atoms. The fraction of sp³-hybridized carbons (Fsp3) is 0.242. The second-order valence-electron chi connectivity index (χ2n) is 10.8. The number of rotatable bonds is 4. The third kappa shape index (κ3) is 5.68. The van der Waals surface area contributed by atoms with Crippen LogP contribution in [0.1, 0.15) is 37.9 Å². The largest absolute Gasteiger partial charge is 0.497 e. The predicted octanol–water partition coefficient (Wildman–Crippen LogP) is 6.38. The van der Waals surface area contributed by atoms with Gasteiger partial charge in [-0.05, 0) is 60.4 Å². The highest BCUT2D eigenvalue weighted by Gasteiger charge is 2.24. The van der Waals surface area contributed by atoms with Crippen molar-refractivity contribution in [3.8, 4) is 39.4 Å². The van der Waals surface area contributed by atoms with Gasteiger partial charge in [0.15, 0.2) is 0 Å². The summed E-state index contributed by atoms with van der Waals surface area (Å²) < 4.78 is 8.78. The Morgan fingerprint density at radius 3 is 2.65 bits per heavy atom. The normalized spacial score (nSPS) is 16.9. The Labute approximate surface area is 254 Å². The monoisotopic (exact) mass is 594 g/mol. The molecule has 0 aliphatic carbocycles. The van der Waals surface area contributed by atoms with Crippen molar-refractivity contribution in [3.63, 3.8) is 0 Å². The predicted molar refractivity (Wildman–Crippen MR) is 167 cm³/mol. The van der Waals surface area contributed by atoms with Crippen LogP contribution in [0.3, 0.4) is 0 Å². The minimum absolute atomic E-state index is 0.0581. The molecule has 1 N–H and O–H groups in total. The van der Waals surface area contributed by atoms with Gasteiger partial charge in [-0.1, -0.05) is 43.1 Å². The molecular formula is C33H31ClN6O3. The molecule has 0 saturated heterocycles. The number of fused-ring (bicyclic) bond motifs is 4. The summed E-state index contributed by atoms with van der Waals surface area (Å²) in [5.74, 6) is 0.454. The molecule has 2 atom stereocenters. The number of nitrogens with one attached hydrogen (secondary N) is 1. The van der Waals surface area contributed by atoms with Crippen LogP contribution < -0.4 is 15.6 Å². The fourth-order valence-electron chi connectivity index (χ4n) is 5.65. The van der Waals surface area contributed by atoms with Crippen LogP contribution in [0.15, 0.2) is 84.2 Å². The number of carbonyl (C=O) groups excluding carboxylic acids is 1. The van der Waals surface area contributed by atoms with Crippen molar-refractivity contribution in [1.29, 1.82) is 0 Å². The van der Waals surface area contributed by atoms with Gasteiger partial charge in [-0.2, -0.15) is 5.10 Å². The lowest BCUT2D eigenvalue weighted by Crippen LogP contribution is -2.27. The number of methoxy groups -OCH3 is 1. The Balaban J connectivity index is 1.43. The molecule has 0 fully saturated rings. The number of anilines is 1. The van der Waals surface area contributed by atoms with E-state index in [1.165, 1.54) is 0 Å². The molecule has 0 saturated carbocycles. The molecule has 0 radical (unpaired) electrons. The Morgan fingerprint density at radius 1 is 0.977 bits per heavy atom. The van der Waals surface area contributed by atoms with Gasteiger partial charge >= 0.3 is 0 Å². The van der Waals surface area contributed by atoms with Crippen molar-refractivity contribution in [3.05, 3.63) is 100 Å². The van der Waals surface area contributed by atoms with E-state index in [0.29, 0.717) is 35.7 Å². The molecule has 9 nitrogen and oxygen atoms in total. The van der Waals surface area contributed by atoms with Gasteiger partial charge in [0, 0.05) is 41.4 Å².